The first kappa shape index (κ1) is 19.8. The molecule has 1 aromatic heterocycles. The van der Waals surface area contributed by atoms with Crippen LogP contribution in [-0.2, 0) is 19.8 Å². The fourth-order valence-corrected chi connectivity index (χ4v) is 2.79. The Morgan fingerprint density at radius 1 is 1.04 bits per heavy atom. The molecule has 0 saturated carbocycles. The highest BCUT2D eigenvalue weighted by molar-refractivity contribution is 6.31. The van der Waals surface area contributed by atoms with Crippen molar-refractivity contribution in [2.45, 2.75) is 12.8 Å². The van der Waals surface area contributed by atoms with Crippen LogP contribution in [0.2, 0.25) is 5.02 Å². The monoisotopic (exact) mass is 410 g/mol. The maximum Gasteiger partial charge on any atom is 0.431 e. The zero-order chi connectivity index (χ0) is 20.5. The number of halogens is 4. The molecule has 0 spiro atoms. The summed E-state index contributed by atoms with van der Waals surface area (Å²) in [6.45, 7) is 0.209. The lowest BCUT2D eigenvalue weighted by atomic mass is 10.2. The van der Waals surface area contributed by atoms with Crippen LogP contribution in [-0.4, -0.2) is 9.13 Å². The van der Waals surface area contributed by atoms with Crippen molar-refractivity contribution in [3.8, 4) is 11.4 Å². The first-order valence-electron chi connectivity index (χ1n) is 8.05. The number of alkyl halides is 3. The summed E-state index contributed by atoms with van der Waals surface area (Å²) in [5, 5.41) is 0.555. The van der Waals surface area contributed by atoms with E-state index in [1.807, 2.05) is 12.1 Å². The maximum absolute atomic E-state index is 12.9. The molecule has 0 aliphatic heterocycles. The molecule has 0 fully saturated rings. The molecule has 1 heterocycles. The van der Waals surface area contributed by atoms with Gasteiger partial charge >= 0.3 is 11.9 Å². The van der Waals surface area contributed by atoms with Gasteiger partial charge in [0.05, 0.1) is 5.69 Å². The highest BCUT2D eigenvalue weighted by atomic mass is 35.5. The van der Waals surface area contributed by atoms with Gasteiger partial charge in [0, 0.05) is 23.7 Å². The second kappa shape index (κ2) is 7.55. The summed E-state index contributed by atoms with van der Waals surface area (Å²) >= 11 is 6.06. The fraction of sp³-hybridized carbons (Fsp3) is 0.158. The van der Waals surface area contributed by atoms with Crippen molar-refractivity contribution in [1.82, 2.24) is 9.13 Å². The fourth-order valence-electron chi connectivity index (χ4n) is 2.60. The Balaban J connectivity index is 1.88. The van der Waals surface area contributed by atoms with Crippen molar-refractivity contribution >= 4 is 11.6 Å². The van der Waals surface area contributed by atoms with Gasteiger partial charge in [0.25, 0.3) is 5.56 Å². The molecule has 2 aromatic carbocycles. The van der Waals surface area contributed by atoms with E-state index in [2.05, 4.69) is 0 Å². The van der Waals surface area contributed by atoms with Crippen LogP contribution in [0.3, 0.4) is 0 Å². The molecule has 0 saturated heterocycles. The number of aromatic nitrogens is 2. The van der Waals surface area contributed by atoms with Crippen LogP contribution in [0.5, 0.6) is 5.75 Å². The van der Waals surface area contributed by atoms with Crippen molar-refractivity contribution in [3.05, 3.63) is 91.7 Å². The normalized spacial score (nSPS) is 11.5. The van der Waals surface area contributed by atoms with Crippen molar-refractivity contribution < 1.29 is 17.9 Å². The van der Waals surface area contributed by atoms with E-state index in [-0.39, 0.29) is 12.3 Å². The van der Waals surface area contributed by atoms with Gasteiger partial charge in [0.1, 0.15) is 18.1 Å². The molecule has 0 N–H and O–H groups in total. The SMILES string of the molecule is Cn1c(C(F)(F)F)cc(=O)n(-c2ccc(OCc3ccccc3Cl)cc2)c1=O. The van der Waals surface area contributed by atoms with Crippen LogP contribution in [0, 0.1) is 0 Å². The highest BCUT2D eigenvalue weighted by Gasteiger charge is 2.35. The van der Waals surface area contributed by atoms with E-state index >= 15 is 0 Å². The van der Waals surface area contributed by atoms with E-state index in [1.54, 1.807) is 12.1 Å². The molecule has 9 heteroatoms. The van der Waals surface area contributed by atoms with Crippen molar-refractivity contribution in [3.63, 3.8) is 0 Å². The summed E-state index contributed by atoms with van der Waals surface area (Å²) in [4.78, 5) is 24.4. The highest BCUT2D eigenvalue weighted by Crippen LogP contribution is 2.27. The molecule has 146 valence electrons. The molecular formula is C19H14ClF3N2O3. The van der Waals surface area contributed by atoms with Crippen LogP contribution in [0.15, 0.2) is 64.2 Å². The summed E-state index contributed by atoms with van der Waals surface area (Å²) in [6, 6.07) is 13.4. The minimum Gasteiger partial charge on any atom is -0.489 e. The van der Waals surface area contributed by atoms with E-state index in [0.717, 1.165) is 12.6 Å². The van der Waals surface area contributed by atoms with Gasteiger partial charge in [-0.3, -0.25) is 9.36 Å². The van der Waals surface area contributed by atoms with Crippen LogP contribution in [0.4, 0.5) is 13.2 Å². The van der Waals surface area contributed by atoms with Gasteiger partial charge in [-0.25, -0.2) is 9.36 Å². The zero-order valence-electron chi connectivity index (χ0n) is 14.5. The standard InChI is InChI=1S/C19H14ClF3N2O3/c1-24-16(19(21,22)23)10-17(26)25(18(24)27)13-6-8-14(9-7-13)28-11-12-4-2-3-5-15(12)20/h2-10H,11H2,1H3. The number of rotatable bonds is 4. The van der Waals surface area contributed by atoms with E-state index in [0.29, 0.717) is 26.0 Å². The van der Waals surface area contributed by atoms with E-state index in [4.69, 9.17) is 16.3 Å². The van der Waals surface area contributed by atoms with Gasteiger partial charge in [-0.05, 0) is 30.3 Å². The molecule has 5 nitrogen and oxygen atoms in total. The van der Waals surface area contributed by atoms with Gasteiger partial charge in [0.15, 0.2) is 0 Å². The zero-order valence-corrected chi connectivity index (χ0v) is 15.3. The summed E-state index contributed by atoms with van der Waals surface area (Å²) in [6.07, 6.45) is -4.80. The molecule has 0 unspecified atom stereocenters. The molecule has 0 bridgehead atoms. The number of nitrogens with zero attached hydrogens (tertiary/aromatic N) is 2. The van der Waals surface area contributed by atoms with Crippen molar-refractivity contribution in [2.24, 2.45) is 7.05 Å². The molecule has 0 atom stereocenters. The first-order chi connectivity index (χ1) is 13.2. The largest absolute Gasteiger partial charge is 0.489 e. The number of hydrogen-bond donors (Lipinski definition) is 0. The smallest absolute Gasteiger partial charge is 0.431 e. The lowest BCUT2D eigenvalue weighted by Gasteiger charge is -2.14. The molecule has 0 radical (unpaired) electrons. The average Bonchev–Trinajstić information content (AvgIpc) is 2.64. The maximum atomic E-state index is 12.9. The number of ether oxygens (including phenoxy) is 1. The van der Waals surface area contributed by atoms with Crippen molar-refractivity contribution in [1.29, 1.82) is 0 Å². The lowest BCUT2D eigenvalue weighted by Crippen LogP contribution is -2.40. The Kier molecular flexibility index (Phi) is 5.33. The third kappa shape index (κ3) is 3.96. The minimum atomic E-state index is -4.80. The van der Waals surface area contributed by atoms with Gasteiger partial charge in [-0.1, -0.05) is 29.8 Å². The Morgan fingerprint density at radius 2 is 1.68 bits per heavy atom. The lowest BCUT2D eigenvalue weighted by molar-refractivity contribution is -0.144. The summed E-state index contributed by atoms with van der Waals surface area (Å²) in [5.41, 5.74) is -2.56. The van der Waals surface area contributed by atoms with Gasteiger partial charge in [-0.15, -0.1) is 0 Å². The minimum absolute atomic E-state index is 0.129. The predicted octanol–water partition coefficient (Wildman–Crippen LogP) is 3.79. The number of benzene rings is 2. The average molecular weight is 411 g/mol. The van der Waals surface area contributed by atoms with Crippen LogP contribution in [0.1, 0.15) is 11.3 Å². The van der Waals surface area contributed by atoms with Crippen LogP contribution < -0.4 is 16.0 Å². The third-order valence-corrected chi connectivity index (χ3v) is 4.43. The Labute approximate surface area is 162 Å². The molecule has 28 heavy (non-hydrogen) atoms. The number of hydrogen-bond acceptors (Lipinski definition) is 3. The molecular weight excluding hydrogens is 397 g/mol. The van der Waals surface area contributed by atoms with Gasteiger partial charge in [0.2, 0.25) is 0 Å². The summed E-state index contributed by atoms with van der Waals surface area (Å²) < 4.78 is 45.4. The van der Waals surface area contributed by atoms with E-state index in [1.165, 1.54) is 24.3 Å². The van der Waals surface area contributed by atoms with E-state index in [9.17, 15) is 22.8 Å². The molecule has 0 amide bonds. The molecule has 0 aliphatic rings. The first-order valence-corrected chi connectivity index (χ1v) is 8.43. The van der Waals surface area contributed by atoms with E-state index < -0.39 is 23.1 Å². The molecule has 3 aromatic rings. The quantitative estimate of drug-likeness (QED) is 0.657. The Morgan fingerprint density at radius 3 is 2.29 bits per heavy atom. The second-order valence-electron chi connectivity index (χ2n) is 5.92. The second-order valence-corrected chi connectivity index (χ2v) is 6.32. The molecule has 0 aliphatic carbocycles. The summed E-state index contributed by atoms with van der Waals surface area (Å²) in [7, 11) is 0.960. The van der Waals surface area contributed by atoms with Crippen LogP contribution in [0.25, 0.3) is 5.69 Å². The Hall–Kier alpha value is -3.00. The molecule has 3 rings (SSSR count). The van der Waals surface area contributed by atoms with Crippen LogP contribution >= 0.6 is 11.6 Å². The van der Waals surface area contributed by atoms with Gasteiger partial charge in [-0.2, -0.15) is 13.2 Å². The Bertz CT molecular complexity index is 1120. The third-order valence-electron chi connectivity index (χ3n) is 4.06. The van der Waals surface area contributed by atoms with Gasteiger partial charge < -0.3 is 4.74 Å². The predicted molar refractivity (Wildman–Crippen MR) is 98.1 cm³/mol. The topological polar surface area (TPSA) is 53.2 Å². The summed E-state index contributed by atoms with van der Waals surface area (Å²) in [5.74, 6) is 0.445. The van der Waals surface area contributed by atoms with Crippen molar-refractivity contribution in [2.75, 3.05) is 0 Å².